The highest BCUT2D eigenvalue weighted by atomic mass is 16.5. The second-order valence-corrected chi connectivity index (χ2v) is 6.77. The highest BCUT2D eigenvalue weighted by molar-refractivity contribution is 6.05. The van der Waals surface area contributed by atoms with Crippen LogP contribution in [0, 0.1) is 0 Å². The lowest BCUT2D eigenvalue weighted by Crippen LogP contribution is -2.13. The molecule has 0 aliphatic carbocycles. The number of para-hydroxylation sites is 1. The van der Waals surface area contributed by atoms with E-state index in [1.54, 1.807) is 36.1 Å². The van der Waals surface area contributed by atoms with Crippen molar-refractivity contribution < 1.29 is 14.3 Å². The first-order valence-corrected chi connectivity index (χ1v) is 9.35. The predicted molar refractivity (Wildman–Crippen MR) is 115 cm³/mol. The molecule has 0 aliphatic rings. The number of carbonyl (C=O) groups is 2. The van der Waals surface area contributed by atoms with E-state index in [4.69, 9.17) is 10.5 Å². The molecule has 4 aromatic rings. The summed E-state index contributed by atoms with van der Waals surface area (Å²) in [6, 6.07) is 21.8. The molecule has 0 fully saturated rings. The van der Waals surface area contributed by atoms with Crippen LogP contribution in [0.25, 0.3) is 10.9 Å². The fraction of sp³-hybridized carbons (Fsp3) is 0.0870. The summed E-state index contributed by atoms with van der Waals surface area (Å²) in [5.74, 6) is -0.0869. The van der Waals surface area contributed by atoms with Crippen LogP contribution in [0.3, 0.4) is 0 Å². The first-order chi connectivity index (χ1) is 14.5. The van der Waals surface area contributed by atoms with Gasteiger partial charge in [0.2, 0.25) is 0 Å². The minimum atomic E-state index is -0.564. The Morgan fingerprint density at radius 1 is 1.03 bits per heavy atom. The first kappa shape index (κ1) is 19.2. The van der Waals surface area contributed by atoms with Crippen molar-refractivity contribution in [2.24, 2.45) is 5.73 Å². The van der Waals surface area contributed by atoms with Crippen LogP contribution in [0.2, 0.25) is 0 Å². The molecule has 3 aromatic carbocycles. The van der Waals surface area contributed by atoms with Crippen molar-refractivity contribution in [1.29, 1.82) is 0 Å². The normalized spacial score (nSPS) is 10.7. The number of aromatic nitrogens is 2. The number of fused-ring (bicyclic) bond motifs is 1. The third kappa shape index (κ3) is 3.86. The smallest absolute Gasteiger partial charge is 0.269 e. The lowest BCUT2D eigenvalue weighted by atomic mass is 10.1. The molecule has 30 heavy (non-hydrogen) atoms. The van der Waals surface area contributed by atoms with Gasteiger partial charge in [0.15, 0.2) is 5.69 Å². The summed E-state index contributed by atoms with van der Waals surface area (Å²) in [4.78, 5) is 24.2. The molecule has 0 unspecified atom stereocenters. The van der Waals surface area contributed by atoms with E-state index in [1.807, 2.05) is 48.5 Å². The Balaban J connectivity index is 1.56. The second kappa shape index (κ2) is 8.08. The third-order valence-corrected chi connectivity index (χ3v) is 4.76. The van der Waals surface area contributed by atoms with Crippen LogP contribution in [0.4, 0.5) is 5.69 Å². The monoisotopic (exact) mass is 400 g/mol. The first-order valence-electron chi connectivity index (χ1n) is 9.35. The topological polar surface area (TPSA) is 99.2 Å². The molecule has 7 heteroatoms. The number of amides is 2. The van der Waals surface area contributed by atoms with E-state index in [9.17, 15) is 9.59 Å². The van der Waals surface area contributed by atoms with Crippen LogP contribution in [-0.2, 0) is 6.54 Å². The van der Waals surface area contributed by atoms with Gasteiger partial charge in [-0.25, -0.2) is 0 Å². The number of nitrogens with zero attached hydrogens (tertiary/aromatic N) is 2. The molecule has 0 saturated carbocycles. The van der Waals surface area contributed by atoms with Crippen molar-refractivity contribution in [3.63, 3.8) is 0 Å². The summed E-state index contributed by atoms with van der Waals surface area (Å²) in [6.45, 7) is 0.431. The molecule has 1 heterocycles. The van der Waals surface area contributed by atoms with Gasteiger partial charge in [0, 0.05) is 16.6 Å². The molecule has 2 amide bonds. The lowest BCUT2D eigenvalue weighted by Gasteiger charge is -2.09. The van der Waals surface area contributed by atoms with Gasteiger partial charge in [-0.15, -0.1) is 0 Å². The van der Waals surface area contributed by atoms with Crippen LogP contribution in [0.5, 0.6) is 5.75 Å². The standard InChI is InChI=1S/C23H20N4O3/c1-30-18-11-9-16(10-12-18)23(29)25-17-6-4-5-15(13-17)14-27-20-8-3-2-7-19(20)21(26-27)22(24)28/h2-13H,14H2,1H3,(H2,24,28)(H,25,29). The van der Waals surface area contributed by atoms with Gasteiger partial charge >= 0.3 is 0 Å². The molecule has 150 valence electrons. The third-order valence-electron chi connectivity index (χ3n) is 4.76. The Kier molecular flexibility index (Phi) is 5.17. The van der Waals surface area contributed by atoms with E-state index in [0.29, 0.717) is 28.9 Å². The van der Waals surface area contributed by atoms with E-state index in [0.717, 1.165) is 11.1 Å². The number of hydrogen-bond donors (Lipinski definition) is 2. The molecule has 0 radical (unpaired) electrons. The van der Waals surface area contributed by atoms with Gasteiger partial charge < -0.3 is 15.8 Å². The number of anilines is 1. The zero-order valence-corrected chi connectivity index (χ0v) is 16.3. The summed E-state index contributed by atoms with van der Waals surface area (Å²) in [5, 5.41) is 8.00. The maximum atomic E-state index is 12.5. The molecule has 4 rings (SSSR count). The number of carbonyl (C=O) groups excluding carboxylic acids is 2. The van der Waals surface area contributed by atoms with Gasteiger partial charge in [-0.2, -0.15) is 5.10 Å². The molecule has 1 aromatic heterocycles. The van der Waals surface area contributed by atoms with Gasteiger partial charge in [-0.3, -0.25) is 14.3 Å². The van der Waals surface area contributed by atoms with Gasteiger partial charge in [-0.05, 0) is 48.0 Å². The molecule has 0 spiro atoms. The Labute approximate surface area is 173 Å². The minimum Gasteiger partial charge on any atom is -0.497 e. The predicted octanol–water partition coefficient (Wildman–Crippen LogP) is 3.44. The van der Waals surface area contributed by atoms with Crippen LogP contribution < -0.4 is 15.8 Å². The summed E-state index contributed by atoms with van der Waals surface area (Å²) in [7, 11) is 1.58. The van der Waals surface area contributed by atoms with Crippen LogP contribution >= 0.6 is 0 Å². The summed E-state index contributed by atoms with van der Waals surface area (Å²) < 4.78 is 6.85. The van der Waals surface area contributed by atoms with E-state index in [2.05, 4.69) is 10.4 Å². The number of ether oxygens (including phenoxy) is 1. The summed E-state index contributed by atoms with van der Waals surface area (Å²) in [5.41, 5.74) is 8.65. The summed E-state index contributed by atoms with van der Waals surface area (Å²) in [6.07, 6.45) is 0. The minimum absolute atomic E-state index is 0.213. The van der Waals surface area contributed by atoms with Gasteiger partial charge in [0.05, 0.1) is 19.2 Å². The Morgan fingerprint density at radius 2 is 1.80 bits per heavy atom. The number of rotatable bonds is 6. The molecule has 7 nitrogen and oxygen atoms in total. The van der Waals surface area contributed by atoms with Crippen molar-refractivity contribution in [3.8, 4) is 5.75 Å². The molecule has 0 saturated heterocycles. The van der Waals surface area contributed by atoms with Gasteiger partial charge in [0.25, 0.3) is 11.8 Å². The zero-order chi connectivity index (χ0) is 21.1. The maximum absolute atomic E-state index is 12.5. The largest absolute Gasteiger partial charge is 0.497 e. The number of hydrogen-bond acceptors (Lipinski definition) is 4. The zero-order valence-electron chi connectivity index (χ0n) is 16.3. The average Bonchev–Trinajstić information content (AvgIpc) is 3.13. The number of benzene rings is 3. The van der Waals surface area contributed by atoms with Crippen molar-refractivity contribution in [2.75, 3.05) is 12.4 Å². The van der Waals surface area contributed by atoms with E-state index < -0.39 is 5.91 Å². The fourth-order valence-electron chi connectivity index (χ4n) is 3.30. The average molecular weight is 400 g/mol. The summed E-state index contributed by atoms with van der Waals surface area (Å²) >= 11 is 0. The molecule has 0 atom stereocenters. The molecule has 3 N–H and O–H groups in total. The van der Waals surface area contributed by atoms with Crippen LogP contribution in [0.1, 0.15) is 26.4 Å². The van der Waals surface area contributed by atoms with E-state index >= 15 is 0 Å². The molecular weight excluding hydrogens is 380 g/mol. The Bertz CT molecular complexity index is 1230. The van der Waals surface area contributed by atoms with Crippen LogP contribution in [-0.4, -0.2) is 28.7 Å². The Morgan fingerprint density at radius 3 is 2.53 bits per heavy atom. The number of methoxy groups -OCH3 is 1. The van der Waals surface area contributed by atoms with Crippen molar-refractivity contribution in [1.82, 2.24) is 9.78 Å². The van der Waals surface area contributed by atoms with E-state index in [-0.39, 0.29) is 11.6 Å². The second-order valence-electron chi connectivity index (χ2n) is 6.77. The molecule has 0 bridgehead atoms. The van der Waals surface area contributed by atoms with E-state index in [1.165, 1.54) is 0 Å². The highest BCUT2D eigenvalue weighted by Gasteiger charge is 2.14. The highest BCUT2D eigenvalue weighted by Crippen LogP contribution is 2.21. The number of primary amides is 1. The maximum Gasteiger partial charge on any atom is 0.269 e. The van der Waals surface area contributed by atoms with Crippen LogP contribution in [0.15, 0.2) is 72.8 Å². The SMILES string of the molecule is COc1ccc(C(=O)Nc2cccc(Cn3nc(C(N)=O)c4ccccc43)c2)cc1. The fourth-order valence-corrected chi connectivity index (χ4v) is 3.30. The molecule has 0 aliphatic heterocycles. The number of nitrogens with one attached hydrogen (secondary N) is 1. The van der Waals surface area contributed by atoms with Gasteiger partial charge in [0.1, 0.15) is 5.75 Å². The van der Waals surface area contributed by atoms with Crippen molar-refractivity contribution in [2.45, 2.75) is 6.54 Å². The molecular formula is C23H20N4O3. The van der Waals surface area contributed by atoms with Gasteiger partial charge in [-0.1, -0.05) is 30.3 Å². The quantitative estimate of drug-likeness (QED) is 0.518. The number of nitrogens with two attached hydrogens (primary N) is 1. The van der Waals surface area contributed by atoms with Crippen molar-refractivity contribution in [3.05, 3.63) is 89.6 Å². The van der Waals surface area contributed by atoms with Crippen molar-refractivity contribution >= 4 is 28.4 Å². The Hall–Kier alpha value is -4.13. The lowest BCUT2D eigenvalue weighted by molar-refractivity contribution is 0.0994.